The Balaban J connectivity index is 1.69. The molecule has 132 valence electrons. The van der Waals surface area contributed by atoms with Crippen LogP contribution in [0.5, 0.6) is 0 Å². The quantitative estimate of drug-likeness (QED) is 0.891. The van der Waals surface area contributed by atoms with Crippen LogP contribution < -0.4 is 0 Å². The van der Waals surface area contributed by atoms with E-state index >= 15 is 0 Å². The number of nitrogens with one attached hydrogen (secondary N) is 1. The summed E-state index contributed by atoms with van der Waals surface area (Å²) in [4.78, 5) is 31.0. The second-order valence-corrected chi connectivity index (χ2v) is 7.19. The first-order chi connectivity index (χ1) is 11.5. The van der Waals surface area contributed by atoms with Crippen molar-refractivity contribution in [2.24, 2.45) is 0 Å². The maximum atomic E-state index is 12.5. The molecule has 1 atom stereocenters. The summed E-state index contributed by atoms with van der Waals surface area (Å²) in [6.07, 6.45) is 5.95. The largest absolute Gasteiger partial charge is 0.337 e. The van der Waals surface area contributed by atoms with Crippen molar-refractivity contribution in [2.75, 3.05) is 40.3 Å². The highest BCUT2D eigenvalue weighted by atomic mass is 16.2. The van der Waals surface area contributed by atoms with E-state index in [1.54, 1.807) is 12.3 Å². The molecule has 2 amide bonds. The highest BCUT2D eigenvalue weighted by molar-refractivity contribution is 5.92. The average Bonchev–Trinajstić information content (AvgIpc) is 3.12. The third kappa shape index (κ3) is 3.31. The summed E-state index contributed by atoms with van der Waals surface area (Å²) in [5.74, 6) is 0.277. The van der Waals surface area contributed by atoms with Gasteiger partial charge in [-0.25, -0.2) is 0 Å². The molecule has 2 saturated heterocycles. The van der Waals surface area contributed by atoms with Crippen molar-refractivity contribution in [3.05, 3.63) is 18.0 Å². The summed E-state index contributed by atoms with van der Waals surface area (Å²) in [6.45, 7) is 3.10. The number of carbonyl (C=O) groups is 2. The Morgan fingerprint density at radius 1 is 1.33 bits per heavy atom. The third-order valence-corrected chi connectivity index (χ3v) is 5.38. The number of amides is 2. The first kappa shape index (κ1) is 17.0. The molecule has 3 rings (SSSR count). The molecule has 7 heteroatoms. The van der Waals surface area contributed by atoms with Gasteiger partial charge in [0.25, 0.3) is 5.91 Å². The smallest absolute Gasteiger partial charge is 0.271 e. The van der Waals surface area contributed by atoms with Gasteiger partial charge >= 0.3 is 0 Å². The molecule has 0 aromatic carbocycles. The minimum absolute atomic E-state index is 0.00807. The van der Waals surface area contributed by atoms with Gasteiger partial charge in [-0.3, -0.25) is 14.7 Å². The van der Waals surface area contributed by atoms with E-state index in [1.165, 1.54) is 0 Å². The number of carbonyl (C=O) groups excluding carboxylic acids is 2. The summed E-state index contributed by atoms with van der Waals surface area (Å²) in [5, 5.41) is 6.62. The SMILES string of the molecule is CN(C)CCN1C(=O)CCC12CCCN(C(=O)c1ccn[nH]1)CC2. The Labute approximate surface area is 143 Å². The van der Waals surface area contributed by atoms with Crippen LogP contribution >= 0.6 is 0 Å². The zero-order chi connectivity index (χ0) is 17.2. The van der Waals surface area contributed by atoms with Crippen LogP contribution in [0.25, 0.3) is 0 Å². The number of nitrogens with zero attached hydrogens (tertiary/aromatic N) is 4. The van der Waals surface area contributed by atoms with Crippen LogP contribution in [-0.4, -0.2) is 82.5 Å². The Morgan fingerprint density at radius 2 is 2.17 bits per heavy atom. The molecule has 1 unspecified atom stereocenters. The van der Waals surface area contributed by atoms with Crippen LogP contribution in [0.4, 0.5) is 0 Å². The number of H-pyrrole nitrogens is 1. The highest BCUT2D eigenvalue weighted by Gasteiger charge is 2.45. The van der Waals surface area contributed by atoms with Gasteiger partial charge in [0.2, 0.25) is 5.91 Å². The molecule has 0 bridgehead atoms. The lowest BCUT2D eigenvalue weighted by Crippen LogP contribution is -2.49. The molecule has 1 N–H and O–H groups in total. The van der Waals surface area contributed by atoms with Crippen molar-refractivity contribution in [3.8, 4) is 0 Å². The van der Waals surface area contributed by atoms with Gasteiger partial charge < -0.3 is 14.7 Å². The predicted molar refractivity (Wildman–Crippen MR) is 90.6 cm³/mol. The number of aromatic nitrogens is 2. The topological polar surface area (TPSA) is 72.5 Å². The summed E-state index contributed by atoms with van der Waals surface area (Å²) in [7, 11) is 4.07. The Morgan fingerprint density at radius 3 is 2.88 bits per heavy atom. The summed E-state index contributed by atoms with van der Waals surface area (Å²) in [6, 6.07) is 1.71. The van der Waals surface area contributed by atoms with Crippen molar-refractivity contribution >= 4 is 11.8 Å². The van der Waals surface area contributed by atoms with Crippen LogP contribution in [0.3, 0.4) is 0 Å². The molecule has 2 aliphatic rings. The second kappa shape index (κ2) is 6.93. The van der Waals surface area contributed by atoms with E-state index in [0.29, 0.717) is 18.7 Å². The molecular weight excluding hydrogens is 306 g/mol. The van der Waals surface area contributed by atoms with Crippen LogP contribution in [0.1, 0.15) is 42.6 Å². The maximum Gasteiger partial charge on any atom is 0.271 e. The van der Waals surface area contributed by atoms with Gasteiger partial charge in [0.1, 0.15) is 5.69 Å². The van der Waals surface area contributed by atoms with Crippen molar-refractivity contribution in [1.82, 2.24) is 24.9 Å². The van der Waals surface area contributed by atoms with Gasteiger partial charge in [-0.05, 0) is 45.8 Å². The maximum absolute atomic E-state index is 12.5. The number of likely N-dealkylation sites (N-methyl/N-ethyl adjacent to an activating group) is 1. The number of aromatic amines is 1. The number of hydrogen-bond donors (Lipinski definition) is 1. The van der Waals surface area contributed by atoms with E-state index in [2.05, 4.69) is 20.0 Å². The first-order valence-electron chi connectivity index (χ1n) is 8.76. The molecule has 1 aromatic heterocycles. The van der Waals surface area contributed by atoms with Crippen molar-refractivity contribution in [2.45, 2.75) is 37.6 Å². The molecule has 2 fully saturated rings. The normalized spacial score (nSPS) is 24.9. The third-order valence-electron chi connectivity index (χ3n) is 5.38. The highest BCUT2D eigenvalue weighted by Crippen LogP contribution is 2.39. The lowest BCUT2D eigenvalue weighted by atomic mass is 9.87. The monoisotopic (exact) mass is 333 g/mol. The number of likely N-dealkylation sites (tertiary alicyclic amines) is 2. The average molecular weight is 333 g/mol. The van der Waals surface area contributed by atoms with Crippen molar-refractivity contribution in [1.29, 1.82) is 0 Å². The summed E-state index contributed by atoms with van der Waals surface area (Å²) < 4.78 is 0. The van der Waals surface area contributed by atoms with E-state index in [4.69, 9.17) is 0 Å². The van der Waals surface area contributed by atoms with Gasteiger partial charge in [0.15, 0.2) is 0 Å². The zero-order valence-corrected chi connectivity index (χ0v) is 14.6. The molecule has 24 heavy (non-hydrogen) atoms. The van der Waals surface area contributed by atoms with Gasteiger partial charge in [-0.1, -0.05) is 0 Å². The van der Waals surface area contributed by atoms with E-state index in [-0.39, 0.29) is 17.4 Å². The molecule has 1 spiro atoms. The van der Waals surface area contributed by atoms with Crippen molar-refractivity contribution < 1.29 is 9.59 Å². The standard InChI is InChI=1S/C17H27N5O2/c1-20(2)12-13-22-15(23)4-7-17(22)6-3-10-21(11-8-17)16(24)14-5-9-18-19-14/h5,9H,3-4,6-8,10-13H2,1-2H3,(H,18,19). The number of rotatable bonds is 4. The van der Waals surface area contributed by atoms with Crippen LogP contribution in [0.2, 0.25) is 0 Å². The molecule has 0 saturated carbocycles. The molecule has 2 aliphatic heterocycles. The van der Waals surface area contributed by atoms with E-state index in [0.717, 1.165) is 45.3 Å². The minimum Gasteiger partial charge on any atom is -0.337 e. The molecule has 0 aliphatic carbocycles. The second-order valence-electron chi connectivity index (χ2n) is 7.19. The Kier molecular flexibility index (Phi) is 4.89. The van der Waals surface area contributed by atoms with E-state index in [1.807, 2.05) is 19.0 Å². The first-order valence-corrected chi connectivity index (χ1v) is 8.76. The fourth-order valence-corrected chi connectivity index (χ4v) is 3.98. The zero-order valence-electron chi connectivity index (χ0n) is 14.6. The Hall–Kier alpha value is -1.89. The molecule has 1 aromatic rings. The Bertz CT molecular complexity index is 586. The lowest BCUT2D eigenvalue weighted by molar-refractivity contribution is -0.131. The summed E-state index contributed by atoms with van der Waals surface area (Å²) in [5.41, 5.74) is 0.480. The van der Waals surface area contributed by atoms with E-state index < -0.39 is 0 Å². The fourth-order valence-electron chi connectivity index (χ4n) is 3.98. The van der Waals surface area contributed by atoms with E-state index in [9.17, 15) is 9.59 Å². The van der Waals surface area contributed by atoms with Crippen LogP contribution in [0, 0.1) is 0 Å². The predicted octanol–water partition coefficient (Wildman–Crippen LogP) is 0.959. The molecular formula is C17H27N5O2. The lowest BCUT2D eigenvalue weighted by Gasteiger charge is -2.38. The van der Waals surface area contributed by atoms with Crippen molar-refractivity contribution in [3.63, 3.8) is 0 Å². The molecule has 7 nitrogen and oxygen atoms in total. The van der Waals surface area contributed by atoms with Gasteiger partial charge in [0, 0.05) is 44.3 Å². The van der Waals surface area contributed by atoms with Gasteiger partial charge in [-0.2, -0.15) is 5.10 Å². The van der Waals surface area contributed by atoms with Gasteiger partial charge in [-0.15, -0.1) is 0 Å². The summed E-state index contributed by atoms with van der Waals surface area (Å²) >= 11 is 0. The fraction of sp³-hybridized carbons (Fsp3) is 0.706. The molecule has 3 heterocycles. The number of hydrogen-bond acceptors (Lipinski definition) is 4. The van der Waals surface area contributed by atoms with Gasteiger partial charge in [0.05, 0.1) is 0 Å². The van der Waals surface area contributed by atoms with Crippen LogP contribution in [0.15, 0.2) is 12.3 Å². The minimum atomic E-state index is -0.0594. The molecule has 0 radical (unpaired) electrons. The van der Waals surface area contributed by atoms with Crippen LogP contribution in [-0.2, 0) is 4.79 Å².